The number of benzene rings is 2. The maximum atomic E-state index is 9.46. The highest BCUT2D eigenvalue weighted by Gasteiger charge is 2.10. The smallest absolute Gasteiger partial charge is 0.110 e. The van der Waals surface area contributed by atoms with Gasteiger partial charge in [0.15, 0.2) is 0 Å². The molecule has 0 atom stereocenters. The number of anilines is 1. The molecule has 4 aromatic rings. The van der Waals surface area contributed by atoms with Crippen molar-refractivity contribution in [2.75, 3.05) is 11.9 Å². The quantitative estimate of drug-likeness (QED) is 0.522. The Kier molecular flexibility index (Phi) is 5.22. The first-order chi connectivity index (χ1) is 13.7. The standard InChI is InChI=1S/C22H18ClN5/c23-18-6-7-20-19(12-18)22(17(13-24)14-27-20)26-9-8-21-25-10-11-28(21)15-16-4-2-1-3-5-16/h1-7,10-12,14H,8-9,15H2,(H,26,27). The zero-order valence-corrected chi connectivity index (χ0v) is 15.9. The molecule has 2 aromatic heterocycles. The van der Waals surface area contributed by atoms with E-state index in [1.54, 1.807) is 12.3 Å². The van der Waals surface area contributed by atoms with Gasteiger partial charge in [0.1, 0.15) is 11.9 Å². The van der Waals surface area contributed by atoms with Crippen molar-refractivity contribution in [3.8, 4) is 6.07 Å². The van der Waals surface area contributed by atoms with Gasteiger partial charge in [0.25, 0.3) is 0 Å². The molecule has 0 spiro atoms. The summed E-state index contributed by atoms with van der Waals surface area (Å²) in [5.74, 6) is 0.992. The Balaban J connectivity index is 1.52. The van der Waals surface area contributed by atoms with Gasteiger partial charge in [-0.2, -0.15) is 5.26 Å². The van der Waals surface area contributed by atoms with E-state index < -0.39 is 0 Å². The molecule has 5 nitrogen and oxygen atoms in total. The highest BCUT2D eigenvalue weighted by Crippen LogP contribution is 2.28. The summed E-state index contributed by atoms with van der Waals surface area (Å²) in [6.45, 7) is 1.43. The molecule has 0 saturated carbocycles. The molecule has 6 heteroatoms. The monoisotopic (exact) mass is 387 g/mol. The third-order valence-corrected chi connectivity index (χ3v) is 4.83. The Morgan fingerprint density at radius 3 is 2.79 bits per heavy atom. The predicted molar refractivity (Wildman–Crippen MR) is 111 cm³/mol. The van der Waals surface area contributed by atoms with Crippen molar-refractivity contribution >= 4 is 28.2 Å². The number of fused-ring (bicyclic) bond motifs is 1. The van der Waals surface area contributed by atoms with Crippen LogP contribution in [0.3, 0.4) is 0 Å². The van der Waals surface area contributed by atoms with Crippen molar-refractivity contribution in [3.05, 3.63) is 89.1 Å². The number of halogens is 1. The number of pyridine rings is 1. The van der Waals surface area contributed by atoms with Crippen molar-refractivity contribution < 1.29 is 0 Å². The fourth-order valence-corrected chi connectivity index (χ4v) is 3.40. The summed E-state index contributed by atoms with van der Waals surface area (Å²) < 4.78 is 2.14. The minimum absolute atomic E-state index is 0.502. The minimum Gasteiger partial charge on any atom is -0.383 e. The molecule has 138 valence electrons. The molecule has 2 heterocycles. The van der Waals surface area contributed by atoms with Gasteiger partial charge in [-0.25, -0.2) is 4.98 Å². The highest BCUT2D eigenvalue weighted by molar-refractivity contribution is 6.31. The number of imidazole rings is 1. The number of nitrogens with one attached hydrogen (secondary N) is 1. The topological polar surface area (TPSA) is 66.5 Å². The van der Waals surface area contributed by atoms with E-state index in [1.807, 2.05) is 42.7 Å². The minimum atomic E-state index is 0.502. The first kappa shape index (κ1) is 18.0. The summed E-state index contributed by atoms with van der Waals surface area (Å²) in [6, 6.07) is 18.0. The maximum absolute atomic E-state index is 9.46. The molecule has 0 amide bonds. The van der Waals surface area contributed by atoms with E-state index >= 15 is 0 Å². The molecule has 4 rings (SSSR count). The predicted octanol–water partition coefficient (Wildman–Crippen LogP) is 4.66. The molecule has 0 aliphatic heterocycles. The van der Waals surface area contributed by atoms with Crippen LogP contribution in [0.1, 0.15) is 17.0 Å². The van der Waals surface area contributed by atoms with Crippen LogP contribution in [0.2, 0.25) is 5.02 Å². The zero-order chi connectivity index (χ0) is 19.3. The molecule has 0 aliphatic carbocycles. The van der Waals surface area contributed by atoms with Gasteiger partial charge in [-0.1, -0.05) is 41.9 Å². The van der Waals surface area contributed by atoms with E-state index in [4.69, 9.17) is 11.6 Å². The molecule has 0 fully saturated rings. The lowest BCUT2D eigenvalue weighted by Crippen LogP contribution is -2.12. The lowest BCUT2D eigenvalue weighted by molar-refractivity contribution is 0.723. The van der Waals surface area contributed by atoms with Crippen molar-refractivity contribution in [1.82, 2.24) is 14.5 Å². The summed E-state index contributed by atoms with van der Waals surface area (Å²) >= 11 is 6.15. The van der Waals surface area contributed by atoms with Gasteiger partial charge in [0, 0.05) is 48.5 Å². The van der Waals surface area contributed by atoms with Gasteiger partial charge in [-0.05, 0) is 23.8 Å². The average Bonchev–Trinajstić information content (AvgIpc) is 3.15. The summed E-state index contributed by atoms with van der Waals surface area (Å²) in [6.07, 6.45) is 6.13. The lowest BCUT2D eigenvalue weighted by Gasteiger charge is -2.12. The molecular weight excluding hydrogens is 370 g/mol. The Bertz CT molecular complexity index is 1140. The van der Waals surface area contributed by atoms with E-state index in [0.717, 1.165) is 35.4 Å². The van der Waals surface area contributed by atoms with Gasteiger partial charge < -0.3 is 9.88 Å². The Labute approximate surface area is 168 Å². The van der Waals surface area contributed by atoms with Crippen molar-refractivity contribution in [1.29, 1.82) is 5.26 Å². The Morgan fingerprint density at radius 1 is 1.11 bits per heavy atom. The number of aromatic nitrogens is 3. The van der Waals surface area contributed by atoms with Crippen LogP contribution in [0.15, 0.2) is 67.1 Å². The van der Waals surface area contributed by atoms with Gasteiger partial charge in [-0.15, -0.1) is 0 Å². The number of nitrogens with zero attached hydrogens (tertiary/aromatic N) is 4. The van der Waals surface area contributed by atoms with Crippen molar-refractivity contribution in [2.45, 2.75) is 13.0 Å². The van der Waals surface area contributed by atoms with Gasteiger partial charge in [0.05, 0.1) is 16.8 Å². The van der Waals surface area contributed by atoms with Crippen LogP contribution < -0.4 is 5.32 Å². The summed E-state index contributed by atoms with van der Waals surface area (Å²) in [7, 11) is 0. The lowest BCUT2D eigenvalue weighted by atomic mass is 10.1. The van der Waals surface area contributed by atoms with Gasteiger partial charge in [-0.3, -0.25) is 4.98 Å². The van der Waals surface area contributed by atoms with Crippen molar-refractivity contribution in [2.24, 2.45) is 0 Å². The van der Waals surface area contributed by atoms with Crippen LogP contribution in [-0.4, -0.2) is 21.1 Å². The number of nitriles is 1. The molecule has 0 saturated heterocycles. The van der Waals surface area contributed by atoms with Crippen LogP contribution >= 0.6 is 11.6 Å². The van der Waals surface area contributed by atoms with Gasteiger partial charge in [0.2, 0.25) is 0 Å². The SMILES string of the molecule is N#Cc1cnc2ccc(Cl)cc2c1NCCc1nccn1Cc1ccccc1. The fourth-order valence-electron chi connectivity index (χ4n) is 3.23. The summed E-state index contributed by atoms with van der Waals surface area (Å²) in [5, 5.41) is 14.3. The highest BCUT2D eigenvalue weighted by atomic mass is 35.5. The summed E-state index contributed by atoms with van der Waals surface area (Å²) in [4.78, 5) is 8.82. The molecule has 0 unspecified atom stereocenters. The number of rotatable bonds is 6. The third-order valence-electron chi connectivity index (χ3n) is 4.60. The Hall–Kier alpha value is -3.36. The molecule has 0 aliphatic rings. The Morgan fingerprint density at radius 2 is 1.96 bits per heavy atom. The molecule has 0 radical (unpaired) electrons. The first-order valence-electron chi connectivity index (χ1n) is 9.01. The van der Waals surface area contributed by atoms with Crippen LogP contribution in [0, 0.1) is 11.3 Å². The normalized spacial score (nSPS) is 10.7. The zero-order valence-electron chi connectivity index (χ0n) is 15.1. The van der Waals surface area contributed by atoms with E-state index in [2.05, 4.69) is 38.1 Å². The average molecular weight is 388 g/mol. The van der Waals surface area contributed by atoms with E-state index in [1.165, 1.54) is 5.56 Å². The second-order valence-electron chi connectivity index (χ2n) is 6.45. The second-order valence-corrected chi connectivity index (χ2v) is 6.89. The summed E-state index contributed by atoms with van der Waals surface area (Å²) in [5.41, 5.74) is 3.30. The third kappa shape index (κ3) is 3.83. The number of hydrogen-bond acceptors (Lipinski definition) is 4. The largest absolute Gasteiger partial charge is 0.383 e. The van der Waals surface area contributed by atoms with E-state index in [9.17, 15) is 5.26 Å². The fraction of sp³-hybridized carbons (Fsp3) is 0.136. The van der Waals surface area contributed by atoms with Crippen LogP contribution in [-0.2, 0) is 13.0 Å². The maximum Gasteiger partial charge on any atom is 0.110 e. The van der Waals surface area contributed by atoms with Crippen LogP contribution in [0.5, 0.6) is 0 Å². The van der Waals surface area contributed by atoms with E-state index in [0.29, 0.717) is 17.1 Å². The van der Waals surface area contributed by atoms with Gasteiger partial charge >= 0.3 is 0 Å². The van der Waals surface area contributed by atoms with Crippen LogP contribution in [0.4, 0.5) is 5.69 Å². The van der Waals surface area contributed by atoms with Crippen molar-refractivity contribution in [3.63, 3.8) is 0 Å². The second kappa shape index (κ2) is 8.12. The van der Waals surface area contributed by atoms with Crippen LogP contribution in [0.25, 0.3) is 10.9 Å². The molecule has 1 N–H and O–H groups in total. The first-order valence-corrected chi connectivity index (χ1v) is 9.38. The molecule has 2 aromatic carbocycles. The number of hydrogen-bond donors (Lipinski definition) is 1. The molecule has 28 heavy (non-hydrogen) atoms. The molecular formula is C22H18ClN5. The molecule has 0 bridgehead atoms. The van der Waals surface area contributed by atoms with E-state index in [-0.39, 0.29) is 0 Å².